The number of hydrogen-bond donors (Lipinski definition) is 2. The third-order valence-corrected chi connectivity index (χ3v) is 5.22. The molecule has 2 fully saturated rings. The molecule has 0 bridgehead atoms. The highest BCUT2D eigenvalue weighted by Crippen LogP contribution is 2.26. The fraction of sp³-hybridized carbons (Fsp3) is 0.765. The van der Waals surface area contributed by atoms with Crippen LogP contribution in [0.5, 0.6) is 0 Å². The van der Waals surface area contributed by atoms with Gasteiger partial charge in [-0.1, -0.05) is 5.16 Å². The van der Waals surface area contributed by atoms with Crippen LogP contribution in [0.1, 0.15) is 36.3 Å². The van der Waals surface area contributed by atoms with Crippen molar-refractivity contribution >= 4 is 5.91 Å². The first-order valence-corrected chi connectivity index (χ1v) is 8.77. The van der Waals surface area contributed by atoms with Crippen molar-refractivity contribution in [1.29, 1.82) is 0 Å². The molecule has 1 aliphatic carbocycles. The summed E-state index contributed by atoms with van der Waals surface area (Å²) in [5.74, 6) is 0.746. The van der Waals surface area contributed by atoms with Crippen LogP contribution in [0.2, 0.25) is 0 Å². The van der Waals surface area contributed by atoms with Gasteiger partial charge in [-0.25, -0.2) is 0 Å². The summed E-state index contributed by atoms with van der Waals surface area (Å²) in [7, 11) is 0. The number of morpholine rings is 1. The Hall–Kier alpha value is -1.44. The fourth-order valence-corrected chi connectivity index (χ4v) is 3.80. The van der Waals surface area contributed by atoms with Crippen LogP contribution in [0.4, 0.5) is 0 Å². The monoisotopic (exact) mass is 337 g/mol. The van der Waals surface area contributed by atoms with Gasteiger partial charge in [0.15, 0.2) is 0 Å². The highest BCUT2D eigenvalue weighted by atomic mass is 16.5. The molecule has 1 saturated carbocycles. The Balaban J connectivity index is 1.48. The molecule has 1 saturated heterocycles. The lowest BCUT2D eigenvalue weighted by Gasteiger charge is -2.34. The van der Waals surface area contributed by atoms with Crippen LogP contribution in [0.25, 0.3) is 0 Å². The van der Waals surface area contributed by atoms with Crippen molar-refractivity contribution in [2.24, 2.45) is 0 Å². The van der Waals surface area contributed by atoms with E-state index in [2.05, 4.69) is 15.4 Å². The highest BCUT2D eigenvalue weighted by molar-refractivity contribution is 5.76. The van der Waals surface area contributed by atoms with Crippen LogP contribution in [-0.4, -0.2) is 65.6 Å². The zero-order valence-corrected chi connectivity index (χ0v) is 14.5. The van der Waals surface area contributed by atoms with E-state index in [1.165, 1.54) is 0 Å². The summed E-state index contributed by atoms with van der Waals surface area (Å²) in [6.45, 7) is 6.90. The second kappa shape index (κ2) is 7.63. The van der Waals surface area contributed by atoms with Gasteiger partial charge in [0, 0.05) is 31.1 Å². The van der Waals surface area contributed by atoms with Crippen molar-refractivity contribution in [3.63, 3.8) is 0 Å². The molecule has 1 aliphatic heterocycles. The van der Waals surface area contributed by atoms with E-state index in [4.69, 9.17) is 9.26 Å². The number of aryl methyl sites for hydroxylation is 2. The molecule has 0 spiro atoms. The lowest BCUT2D eigenvalue weighted by Crippen LogP contribution is -2.51. The van der Waals surface area contributed by atoms with Gasteiger partial charge in [-0.05, 0) is 33.1 Å². The number of hydrogen-bond acceptors (Lipinski definition) is 6. The minimum atomic E-state index is -0.508. The Morgan fingerprint density at radius 1 is 1.33 bits per heavy atom. The maximum Gasteiger partial charge on any atom is 0.220 e. The number of carbonyl (C=O) groups excluding carboxylic acids is 1. The summed E-state index contributed by atoms with van der Waals surface area (Å²) in [4.78, 5) is 14.5. The van der Waals surface area contributed by atoms with Gasteiger partial charge in [0.05, 0.1) is 31.1 Å². The van der Waals surface area contributed by atoms with E-state index in [9.17, 15) is 9.90 Å². The molecule has 24 heavy (non-hydrogen) atoms. The third kappa shape index (κ3) is 3.79. The van der Waals surface area contributed by atoms with Crippen molar-refractivity contribution in [2.45, 2.75) is 57.7 Å². The van der Waals surface area contributed by atoms with E-state index < -0.39 is 6.10 Å². The highest BCUT2D eigenvalue weighted by Gasteiger charge is 2.39. The molecule has 2 N–H and O–H groups in total. The van der Waals surface area contributed by atoms with Crippen LogP contribution in [0.3, 0.4) is 0 Å². The molecule has 134 valence electrons. The Morgan fingerprint density at radius 2 is 2.08 bits per heavy atom. The molecule has 2 aliphatic rings. The summed E-state index contributed by atoms with van der Waals surface area (Å²) in [5, 5.41) is 17.5. The van der Waals surface area contributed by atoms with Crippen molar-refractivity contribution < 1.29 is 19.2 Å². The van der Waals surface area contributed by atoms with E-state index in [0.29, 0.717) is 12.8 Å². The van der Waals surface area contributed by atoms with E-state index in [-0.39, 0.29) is 18.0 Å². The van der Waals surface area contributed by atoms with E-state index in [0.717, 1.165) is 56.2 Å². The van der Waals surface area contributed by atoms with Gasteiger partial charge in [0.2, 0.25) is 5.91 Å². The number of carbonyl (C=O) groups is 1. The number of ether oxygens (including phenoxy) is 1. The molecule has 0 radical (unpaired) electrons. The van der Waals surface area contributed by atoms with Crippen LogP contribution in [0.15, 0.2) is 4.52 Å². The zero-order chi connectivity index (χ0) is 17.1. The van der Waals surface area contributed by atoms with Crippen LogP contribution < -0.4 is 5.32 Å². The van der Waals surface area contributed by atoms with Gasteiger partial charge < -0.3 is 19.7 Å². The van der Waals surface area contributed by atoms with E-state index in [1.807, 2.05) is 13.8 Å². The lowest BCUT2D eigenvalue weighted by atomic mass is 10.1. The third-order valence-electron chi connectivity index (χ3n) is 5.22. The molecule has 1 aromatic heterocycles. The molecule has 1 aromatic rings. The van der Waals surface area contributed by atoms with Gasteiger partial charge in [0.1, 0.15) is 5.76 Å². The quantitative estimate of drug-likeness (QED) is 0.816. The standard InChI is InChI=1S/C17H27N3O4/c1-11-13(12(2)24-19-11)3-6-16(21)18-14-4-5-15(17(14)22)20-7-9-23-10-8-20/h14-15,17,22H,3-10H2,1-2H3,(H,18,21)/t14-,15-,17-/m1/s1. The second-order valence-corrected chi connectivity index (χ2v) is 6.76. The number of aliphatic hydroxyl groups excluding tert-OH is 1. The van der Waals surface area contributed by atoms with Gasteiger partial charge in [-0.2, -0.15) is 0 Å². The summed E-state index contributed by atoms with van der Waals surface area (Å²) < 4.78 is 10.5. The average Bonchev–Trinajstić information content (AvgIpc) is 3.10. The molecule has 2 heterocycles. The smallest absolute Gasteiger partial charge is 0.220 e. The lowest BCUT2D eigenvalue weighted by molar-refractivity contribution is -0.122. The number of aliphatic hydroxyl groups is 1. The number of nitrogens with one attached hydrogen (secondary N) is 1. The largest absolute Gasteiger partial charge is 0.389 e. The average molecular weight is 337 g/mol. The molecule has 1 amide bonds. The Kier molecular flexibility index (Phi) is 5.53. The first kappa shape index (κ1) is 17.4. The SMILES string of the molecule is Cc1noc(C)c1CCC(=O)N[C@@H]1CC[C@@H](N2CCOCC2)[C@@H]1O. The minimum Gasteiger partial charge on any atom is -0.389 e. The maximum atomic E-state index is 12.2. The zero-order valence-electron chi connectivity index (χ0n) is 14.5. The summed E-state index contributed by atoms with van der Waals surface area (Å²) in [5.41, 5.74) is 1.84. The Morgan fingerprint density at radius 3 is 2.75 bits per heavy atom. The number of aromatic nitrogens is 1. The van der Waals surface area contributed by atoms with Crippen LogP contribution in [0, 0.1) is 13.8 Å². The van der Waals surface area contributed by atoms with Gasteiger partial charge in [0.25, 0.3) is 0 Å². The topological polar surface area (TPSA) is 87.8 Å². The first-order chi connectivity index (χ1) is 11.6. The predicted octanol–water partition coefficient (Wildman–Crippen LogP) is 0.564. The Bertz CT molecular complexity index is 549. The number of rotatable bonds is 5. The molecule has 7 heteroatoms. The van der Waals surface area contributed by atoms with Crippen molar-refractivity contribution in [2.75, 3.05) is 26.3 Å². The first-order valence-electron chi connectivity index (χ1n) is 8.77. The molecule has 3 atom stereocenters. The fourth-order valence-electron chi connectivity index (χ4n) is 3.80. The number of amides is 1. The summed E-state index contributed by atoms with van der Waals surface area (Å²) >= 11 is 0. The van der Waals surface area contributed by atoms with Gasteiger partial charge >= 0.3 is 0 Å². The molecule has 7 nitrogen and oxygen atoms in total. The molecule has 3 rings (SSSR count). The van der Waals surface area contributed by atoms with Crippen molar-refractivity contribution in [3.8, 4) is 0 Å². The Labute approximate surface area is 142 Å². The molecular formula is C17H27N3O4. The molecular weight excluding hydrogens is 310 g/mol. The predicted molar refractivity (Wildman–Crippen MR) is 87.6 cm³/mol. The maximum absolute atomic E-state index is 12.2. The van der Waals surface area contributed by atoms with Gasteiger partial charge in [-0.15, -0.1) is 0 Å². The van der Waals surface area contributed by atoms with Crippen molar-refractivity contribution in [3.05, 3.63) is 17.0 Å². The van der Waals surface area contributed by atoms with E-state index in [1.54, 1.807) is 0 Å². The van der Waals surface area contributed by atoms with Gasteiger partial charge in [-0.3, -0.25) is 9.69 Å². The normalized spacial score (nSPS) is 28.2. The second-order valence-electron chi connectivity index (χ2n) is 6.76. The van der Waals surface area contributed by atoms with E-state index >= 15 is 0 Å². The molecule has 0 aromatic carbocycles. The minimum absolute atomic E-state index is 0.0262. The van der Waals surface area contributed by atoms with Crippen molar-refractivity contribution in [1.82, 2.24) is 15.4 Å². The van der Waals surface area contributed by atoms with Crippen LogP contribution >= 0.6 is 0 Å². The summed E-state index contributed by atoms with van der Waals surface area (Å²) in [6.07, 6.45) is 2.22. The van der Waals surface area contributed by atoms with Crippen LogP contribution in [-0.2, 0) is 16.0 Å². The number of nitrogens with zero attached hydrogens (tertiary/aromatic N) is 2. The summed E-state index contributed by atoms with van der Waals surface area (Å²) in [6, 6.07) is -0.0308. The molecule has 0 unspecified atom stereocenters.